The Morgan fingerprint density at radius 1 is 1.22 bits per heavy atom. The smallest absolute Gasteiger partial charge is 0.292 e. The van der Waals surface area contributed by atoms with E-state index >= 15 is 0 Å². The zero-order valence-electron chi connectivity index (χ0n) is 9.14. The molecule has 0 bridgehead atoms. The minimum Gasteiger partial charge on any atom is -0.444 e. The highest BCUT2D eigenvalue weighted by atomic mass is 79.9. The summed E-state index contributed by atoms with van der Waals surface area (Å²) in [6.45, 7) is 0. The summed E-state index contributed by atoms with van der Waals surface area (Å²) in [4.78, 5) is 11.9. The van der Waals surface area contributed by atoms with Crippen molar-refractivity contribution in [1.29, 1.82) is 0 Å². The third kappa shape index (κ3) is 2.19. The highest BCUT2D eigenvalue weighted by Crippen LogP contribution is 2.29. The lowest BCUT2D eigenvalue weighted by Gasteiger charge is -1.97. The van der Waals surface area contributed by atoms with E-state index in [1.807, 2.05) is 30.3 Å². The van der Waals surface area contributed by atoms with Crippen LogP contribution >= 0.6 is 27.3 Å². The molecule has 0 aliphatic rings. The van der Waals surface area contributed by atoms with Crippen molar-refractivity contribution in [3.05, 3.63) is 52.9 Å². The summed E-state index contributed by atoms with van der Waals surface area (Å²) >= 11 is 4.71. The van der Waals surface area contributed by atoms with E-state index in [0.717, 1.165) is 15.1 Å². The van der Waals surface area contributed by atoms with Crippen LogP contribution in [0.3, 0.4) is 0 Å². The number of fused-ring (bicyclic) bond motifs is 1. The van der Waals surface area contributed by atoms with Crippen molar-refractivity contribution in [3.8, 4) is 0 Å². The van der Waals surface area contributed by atoms with Gasteiger partial charge < -0.3 is 9.73 Å². The molecule has 18 heavy (non-hydrogen) atoms. The van der Waals surface area contributed by atoms with Gasteiger partial charge in [-0.1, -0.05) is 18.2 Å². The maximum absolute atomic E-state index is 11.9. The fourth-order valence-corrected chi connectivity index (χ4v) is 2.92. The number of hydrogen-bond acceptors (Lipinski definition) is 3. The van der Waals surface area contributed by atoms with Gasteiger partial charge in [-0.05, 0) is 45.6 Å². The number of halogens is 1. The molecular weight excluding hydrogens is 314 g/mol. The van der Waals surface area contributed by atoms with E-state index in [-0.39, 0.29) is 5.91 Å². The molecule has 5 heteroatoms. The van der Waals surface area contributed by atoms with Gasteiger partial charge in [0.05, 0.1) is 5.00 Å². The van der Waals surface area contributed by atoms with Gasteiger partial charge in [0.1, 0.15) is 0 Å². The molecule has 0 aliphatic carbocycles. The van der Waals surface area contributed by atoms with Crippen LogP contribution in [-0.2, 0) is 0 Å². The third-order valence-corrected chi connectivity index (χ3v) is 3.92. The predicted octanol–water partition coefficient (Wildman–Crippen LogP) is 4.51. The molecule has 0 aliphatic heterocycles. The first-order valence-electron chi connectivity index (χ1n) is 5.27. The van der Waals surface area contributed by atoms with Crippen LogP contribution in [-0.4, -0.2) is 5.91 Å². The Labute approximate surface area is 116 Å². The van der Waals surface area contributed by atoms with Crippen LogP contribution in [0.5, 0.6) is 0 Å². The second kappa shape index (κ2) is 4.59. The molecule has 0 radical (unpaired) electrons. The first-order valence-corrected chi connectivity index (χ1v) is 6.88. The molecule has 90 valence electrons. The van der Waals surface area contributed by atoms with E-state index in [1.165, 1.54) is 0 Å². The van der Waals surface area contributed by atoms with Crippen molar-refractivity contribution in [1.82, 2.24) is 0 Å². The van der Waals surface area contributed by atoms with E-state index in [1.54, 1.807) is 23.5 Å². The molecule has 0 atom stereocenters. The molecule has 1 amide bonds. The van der Waals surface area contributed by atoms with Crippen LogP contribution in [0.15, 0.2) is 51.6 Å². The zero-order chi connectivity index (χ0) is 12.5. The van der Waals surface area contributed by atoms with Gasteiger partial charge in [-0.25, -0.2) is 0 Å². The van der Waals surface area contributed by atoms with E-state index in [2.05, 4.69) is 21.2 Å². The molecular formula is C13H8BrNO2S. The molecule has 1 N–H and O–H groups in total. The normalized spacial score (nSPS) is 10.7. The summed E-state index contributed by atoms with van der Waals surface area (Å²) < 4.78 is 6.89. The number of furan rings is 1. The van der Waals surface area contributed by atoms with E-state index in [0.29, 0.717) is 10.4 Å². The zero-order valence-corrected chi connectivity index (χ0v) is 11.5. The Kier molecular flexibility index (Phi) is 2.93. The van der Waals surface area contributed by atoms with Crippen molar-refractivity contribution in [2.75, 3.05) is 5.32 Å². The van der Waals surface area contributed by atoms with Gasteiger partial charge in [0.2, 0.25) is 0 Å². The Morgan fingerprint density at radius 2 is 2.06 bits per heavy atom. The van der Waals surface area contributed by atoms with Crippen molar-refractivity contribution in [2.24, 2.45) is 0 Å². The Bertz CT molecular complexity index is 683. The summed E-state index contributed by atoms with van der Waals surface area (Å²) in [6.07, 6.45) is 0. The number of anilines is 1. The number of amides is 1. The van der Waals surface area contributed by atoms with Crippen molar-refractivity contribution in [2.45, 2.75) is 0 Å². The monoisotopic (exact) mass is 321 g/mol. The Balaban J connectivity index is 1.86. The van der Waals surface area contributed by atoms with Gasteiger partial charge in [-0.2, -0.15) is 0 Å². The van der Waals surface area contributed by atoms with E-state index < -0.39 is 0 Å². The van der Waals surface area contributed by atoms with E-state index in [4.69, 9.17) is 4.42 Å². The second-order valence-electron chi connectivity index (χ2n) is 3.71. The number of nitrogens with one attached hydrogen (secondary N) is 1. The first-order chi connectivity index (χ1) is 8.72. The molecule has 0 spiro atoms. The summed E-state index contributed by atoms with van der Waals surface area (Å²) in [6, 6.07) is 13.3. The quantitative estimate of drug-likeness (QED) is 0.754. The fourth-order valence-electron chi connectivity index (χ4n) is 1.65. The predicted molar refractivity (Wildman–Crippen MR) is 76.2 cm³/mol. The summed E-state index contributed by atoms with van der Waals surface area (Å²) in [5.74, 6) is 0.0478. The lowest BCUT2D eigenvalue weighted by Crippen LogP contribution is -2.09. The van der Waals surface area contributed by atoms with Crippen molar-refractivity contribution in [3.63, 3.8) is 0 Å². The van der Waals surface area contributed by atoms with Crippen LogP contribution in [0.1, 0.15) is 10.6 Å². The minimum atomic E-state index is -0.243. The van der Waals surface area contributed by atoms with E-state index in [9.17, 15) is 4.79 Å². The number of hydrogen-bond donors (Lipinski definition) is 1. The number of benzene rings is 1. The topological polar surface area (TPSA) is 42.2 Å². The molecule has 0 saturated heterocycles. The van der Waals surface area contributed by atoms with Crippen LogP contribution < -0.4 is 5.32 Å². The highest BCUT2D eigenvalue weighted by Gasteiger charge is 2.12. The second-order valence-corrected chi connectivity index (χ2v) is 5.57. The lowest BCUT2D eigenvalue weighted by atomic mass is 10.3. The molecule has 3 nitrogen and oxygen atoms in total. The van der Waals surface area contributed by atoms with Crippen molar-refractivity contribution >= 4 is 48.3 Å². The molecule has 0 unspecified atom stereocenters. The average molecular weight is 322 g/mol. The number of thiophene rings is 1. The Morgan fingerprint density at radius 3 is 2.78 bits per heavy atom. The Hall–Kier alpha value is -1.59. The van der Waals surface area contributed by atoms with Crippen molar-refractivity contribution < 1.29 is 9.21 Å². The largest absolute Gasteiger partial charge is 0.444 e. The maximum Gasteiger partial charge on any atom is 0.292 e. The molecule has 0 saturated carbocycles. The SMILES string of the molecule is O=C(Nc1cc2ccccc2s1)c1ccc(Br)o1. The average Bonchev–Trinajstić information content (AvgIpc) is 2.94. The molecule has 0 fully saturated rings. The van der Waals surface area contributed by atoms with Gasteiger partial charge in [-0.15, -0.1) is 11.3 Å². The minimum absolute atomic E-state index is 0.243. The summed E-state index contributed by atoms with van der Waals surface area (Å²) in [5.41, 5.74) is 0. The fraction of sp³-hybridized carbons (Fsp3) is 0. The van der Waals surface area contributed by atoms with Crippen LogP contribution in [0.25, 0.3) is 10.1 Å². The van der Waals surface area contributed by atoms with Crippen LogP contribution in [0.2, 0.25) is 0 Å². The maximum atomic E-state index is 11.9. The van der Waals surface area contributed by atoms with Crippen LogP contribution in [0, 0.1) is 0 Å². The molecule has 2 aromatic heterocycles. The molecule has 2 heterocycles. The number of carbonyl (C=O) groups is 1. The van der Waals surface area contributed by atoms with Gasteiger partial charge in [0, 0.05) is 4.70 Å². The van der Waals surface area contributed by atoms with Gasteiger partial charge in [-0.3, -0.25) is 4.79 Å². The molecule has 3 rings (SSSR count). The first kappa shape index (κ1) is 11.5. The molecule has 3 aromatic rings. The van der Waals surface area contributed by atoms with Crippen LogP contribution in [0.4, 0.5) is 5.00 Å². The standard InChI is InChI=1S/C13H8BrNO2S/c14-11-6-5-9(17-11)13(16)15-12-7-8-3-1-2-4-10(8)18-12/h1-7H,(H,15,16). The van der Waals surface area contributed by atoms with Gasteiger partial charge in [0.25, 0.3) is 5.91 Å². The number of rotatable bonds is 2. The third-order valence-electron chi connectivity index (χ3n) is 2.46. The summed E-state index contributed by atoms with van der Waals surface area (Å²) in [5, 5.41) is 4.76. The molecule has 1 aromatic carbocycles. The van der Waals surface area contributed by atoms with Gasteiger partial charge >= 0.3 is 0 Å². The lowest BCUT2D eigenvalue weighted by molar-refractivity contribution is 0.0996. The summed E-state index contributed by atoms with van der Waals surface area (Å²) in [7, 11) is 0. The van der Waals surface area contributed by atoms with Gasteiger partial charge in [0.15, 0.2) is 10.4 Å². The number of carbonyl (C=O) groups excluding carboxylic acids is 1. The highest BCUT2D eigenvalue weighted by molar-refractivity contribution is 9.10.